The summed E-state index contributed by atoms with van der Waals surface area (Å²) in [6, 6.07) is 16.2. The van der Waals surface area contributed by atoms with Crippen LogP contribution in [-0.2, 0) is 11.3 Å². The van der Waals surface area contributed by atoms with Gasteiger partial charge >= 0.3 is 0 Å². The summed E-state index contributed by atoms with van der Waals surface area (Å²) < 4.78 is 5.77. The standard InChI is InChI=1S/C20H19NO2/c21-20(22)17-6-8-19-16(10-17)5-4-15-9-14(3-7-18(15)19)12-23-11-13-1-2-13/h3-10,13H,1-2,11-12H2,(H2,21,22). The molecule has 3 aromatic rings. The summed E-state index contributed by atoms with van der Waals surface area (Å²) in [6.45, 7) is 1.55. The SMILES string of the molecule is NC(=O)c1ccc2c(ccc3cc(COCC4CC4)ccc32)c1. The molecule has 1 saturated carbocycles. The molecule has 0 unspecified atom stereocenters. The Morgan fingerprint density at radius 1 is 1.00 bits per heavy atom. The second kappa shape index (κ2) is 5.67. The summed E-state index contributed by atoms with van der Waals surface area (Å²) in [4.78, 5) is 11.3. The van der Waals surface area contributed by atoms with Gasteiger partial charge < -0.3 is 10.5 Å². The lowest BCUT2D eigenvalue weighted by Gasteiger charge is -2.08. The molecule has 3 heteroatoms. The third-order valence-corrected chi connectivity index (χ3v) is 4.50. The lowest BCUT2D eigenvalue weighted by Crippen LogP contribution is -2.10. The van der Waals surface area contributed by atoms with E-state index in [-0.39, 0.29) is 0 Å². The number of amides is 1. The van der Waals surface area contributed by atoms with E-state index in [4.69, 9.17) is 10.5 Å². The van der Waals surface area contributed by atoms with Gasteiger partial charge in [-0.25, -0.2) is 0 Å². The van der Waals surface area contributed by atoms with Crippen LogP contribution in [0.3, 0.4) is 0 Å². The minimum atomic E-state index is -0.393. The number of primary amides is 1. The first-order valence-electron chi connectivity index (χ1n) is 8.04. The first-order chi connectivity index (χ1) is 11.2. The third-order valence-electron chi connectivity index (χ3n) is 4.50. The van der Waals surface area contributed by atoms with Gasteiger partial charge in [-0.1, -0.05) is 30.3 Å². The predicted molar refractivity (Wildman–Crippen MR) is 92.4 cm³/mol. The normalized spacial score (nSPS) is 14.4. The molecule has 1 aliphatic carbocycles. The van der Waals surface area contributed by atoms with Crippen molar-refractivity contribution < 1.29 is 9.53 Å². The Balaban J connectivity index is 1.67. The number of carbonyl (C=O) groups is 1. The predicted octanol–water partition coefficient (Wildman–Crippen LogP) is 4.02. The van der Waals surface area contributed by atoms with Crippen molar-refractivity contribution in [1.29, 1.82) is 0 Å². The molecule has 0 heterocycles. The lowest BCUT2D eigenvalue weighted by molar-refractivity contribution is 0.100. The van der Waals surface area contributed by atoms with Gasteiger partial charge in [-0.3, -0.25) is 4.79 Å². The summed E-state index contributed by atoms with van der Waals surface area (Å²) in [5.41, 5.74) is 7.10. The van der Waals surface area contributed by atoms with Crippen molar-refractivity contribution in [3.8, 4) is 0 Å². The second-order valence-electron chi connectivity index (χ2n) is 6.38. The molecule has 0 bridgehead atoms. The van der Waals surface area contributed by atoms with E-state index in [1.807, 2.05) is 18.2 Å². The average molecular weight is 305 g/mol. The summed E-state index contributed by atoms with van der Waals surface area (Å²) in [6.07, 6.45) is 2.63. The zero-order valence-electron chi connectivity index (χ0n) is 12.9. The van der Waals surface area contributed by atoms with Crippen molar-refractivity contribution in [2.45, 2.75) is 19.4 Å². The highest BCUT2D eigenvalue weighted by Gasteiger charge is 2.21. The monoisotopic (exact) mass is 305 g/mol. The molecule has 2 N–H and O–H groups in total. The van der Waals surface area contributed by atoms with Crippen LogP contribution < -0.4 is 5.73 Å². The fourth-order valence-corrected chi connectivity index (χ4v) is 2.99. The highest BCUT2D eigenvalue weighted by Crippen LogP contribution is 2.30. The van der Waals surface area contributed by atoms with Crippen molar-refractivity contribution in [2.24, 2.45) is 11.7 Å². The third kappa shape index (κ3) is 2.92. The number of fused-ring (bicyclic) bond motifs is 3. The van der Waals surface area contributed by atoms with Crippen LogP contribution in [0.25, 0.3) is 21.5 Å². The van der Waals surface area contributed by atoms with Crippen LogP contribution in [0.15, 0.2) is 48.5 Å². The largest absolute Gasteiger partial charge is 0.376 e. The molecule has 4 rings (SSSR count). The number of benzene rings is 3. The van der Waals surface area contributed by atoms with E-state index in [9.17, 15) is 4.79 Å². The maximum Gasteiger partial charge on any atom is 0.248 e. The fourth-order valence-electron chi connectivity index (χ4n) is 2.99. The van der Waals surface area contributed by atoms with Gasteiger partial charge in [0, 0.05) is 12.2 Å². The minimum absolute atomic E-state index is 0.393. The molecule has 3 nitrogen and oxygen atoms in total. The Bertz CT molecular complexity index is 897. The topological polar surface area (TPSA) is 52.3 Å². The Hall–Kier alpha value is -2.39. The molecular weight excluding hydrogens is 286 g/mol. The summed E-state index contributed by atoms with van der Waals surface area (Å²) in [7, 11) is 0. The van der Waals surface area contributed by atoms with E-state index in [0.29, 0.717) is 12.2 Å². The Labute approximate surface area is 135 Å². The van der Waals surface area contributed by atoms with Crippen LogP contribution in [0.5, 0.6) is 0 Å². The maximum atomic E-state index is 11.3. The molecule has 1 amide bonds. The van der Waals surface area contributed by atoms with E-state index >= 15 is 0 Å². The van der Waals surface area contributed by atoms with Crippen molar-refractivity contribution >= 4 is 27.5 Å². The van der Waals surface area contributed by atoms with E-state index in [1.54, 1.807) is 6.07 Å². The van der Waals surface area contributed by atoms with E-state index in [0.717, 1.165) is 23.3 Å². The molecule has 0 aliphatic heterocycles. The van der Waals surface area contributed by atoms with Gasteiger partial charge in [0.1, 0.15) is 0 Å². The van der Waals surface area contributed by atoms with Gasteiger partial charge in [-0.15, -0.1) is 0 Å². The van der Waals surface area contributed by atoms with Crippen molar-refractivity contribution in [3.63, 3.8) is 0 Å². The molecule has 3 aromatic carbocycles. The molecule has 0 spiro atoms. The highest BCUT2D eigenvalue weighted by atomic mass is 16.5. The number of ether oxygens (including phenoxy) is 1. The lowest BCUT2D eigenvalue weighted by atomic mass is 9.98. The molecule has 116 valence electrons. The number of carbonyl (C=O) groups excluding carboxylic acids is 1. The number of hydrogen-bond donors (Lipinski definition) is 1. The first-order valence-corrected chi connectivity index (χ1v) is 8.04. The van der Waals surface area contributed by atoms with Crippen molar-refractivity contribution in [2.75, 3.05) is 6.61 Å². The van der Waals surface area contributed by atoms with E-state index < -0.39 is 5.91 Å². The fraction of sp³-hybridized carbons (Fsp3) is 0.250. The zero-order chi connectivity index (χ0) is 15.8. The van der Waals surface area contributed by atoms with Crippen LogP contribution in [0.2, 0.25) is 0 Å². The summed E-state index contributed by atoms with van der Waals surface area (Å²) in [5, 5.41) is 4.55. The highest BCUT2D eigenvalue weighted by molar-refractivity contribution is 6.09. The number of nitrogens with two attached hydrogens (primary N) is 1. The molecule has 0 radical (unpaired) electrons. The van der Waals surface area contributed by atoms with Gasteiger partial charge in [0.05, 0.1) is 6.61 Å². The van der Waals surface area contributed by atoms with Crippen LogP contribution in [0.1, 0.15) is 28.8 Å². The maximum absolute atomic E-state index is 11.3. The van der Waals surface area contributed by atoms with Crippen molar-refractivity contribution in [1.82, 2.24) is 0 Å². The Morgan fingerprint density at radius 2 is 1.70 bits per heavy atom. The minimum Gasteiger partial charge on any atom is -0.376 e. The smallest absolute Gasteiger partial charge is 0.248 e. The van der Waals surface area contributed by atoms with Gasteiger partial charge in [-0.05, 0) is 64.1 Å². The van der Waals surface area contributed by atoms with E-state index in [2.05, 4.69) is 24.3 Å². The molecular formula is C20H19NO2. The average Bonchev–Trinajstić information content (AvgIpc) is 3.38. The van der Waals surface area contributed by atoms with Gasteiger partial charge in [0.25, 0.3) is 0 Å². The molecule has 1 fully saturated rings. The van der Waals surface area contributed by atoms with Crippen LogP contribution in [0, 0.1) is 5.92 Å². The van der Waals surface area contributed by atoms with Gasteiger partial charge in [0.15, 0.2) is 0 Å². The second-order valence-corrected chi connectivity index (χ2v) is 6.38. The Kier molecular flexibility index (Phi) is 3.50. The molecule has 0 atom stereocenters. The quantitative estimate of drug-likeness (QED) is 0.724. The molecule has 0 saturated heterocycles. The summed E-state index contributed by atoms with van der Waals surface area (Å²) >= 11 is 0. The molecule has 23 heavy (non-hydrogen) atoms. The van der Waals surface area contributed by atoms with Crippen LogP contribution in [0.4, 0.5) is 0 Å². The molecule has 1 aliphatic rings. The molecule has 0 aromatic heterocycles. The Morgan fingerprint density at radius 3 is 2.39 bits per heavy atom. The number of hydrogen-bond acceptors (Lipinski definition) is 2. The van der Waals surface area contributed by atoms with Crippen LogP contribution >= 0.6 is 0 Å². The first kappa shape index (κ1) is 14.2. The zero-order valence-corrected chi connectivity index (χ0v) is 12.9. The van der Waals surface area contributed by atoms with Crippen LogP contribution in [-0.4, -0.2) is 12.5 Å². The van der Waals surface area contributed by atoms with Crippen molar-refractivity contribution in [3.05, 3.63) is 59.7 Å². The summed E-state index contributed by atoms with van der Waals surface area (Å²) in [5.74, 6) is 0.397. The number of rotatable bonds is 5. The van der Waals surface area contributed by atoms with E-state index in [1.165, 1.54) is 29.2 Å². The van der Waals surface area contributed by atoms with Gasteiger partial charge in [0.2, 0.25) is 5.91 Å². The van der Waals surface area contributed by atoms with Gasteiger partial charge in [-0.2, -0.15) is 0 Å².